The first kappa shape index (κ1) is 21.1. The van der Waals surface area contributed by atoms with Gasteiger partial charge in [-0.3, -0.25) is 24.1 Å². The molecule has 0 spiro atoms. The second-order valence-corrected chi connectivity index (χ2v) is 6.39. The maximum absolute atomic E-state index is 12.4. The van der Waals surface area contributed by atoms with Crippen LogP contribution in [0, 0.1) is 0 Å². The highest BCUT2D eigenvalue weighted by atomic mass is 16.5. The van der Waals surface area contributed by atoms with Crippen molar-refractivity contribution >= 4 is 29.6 Å². The number of ether oxygens (including phenoxy) is 1. The number of benzene rings is 1. The van der Waals surface area contributed by atoms with Gasteiger partial charge in [-0.25, -0.2) is 4.79 Å². The van der Waals surface area contributed by atoms with Crippen LogP contribution in [0.1, 0.15) is 47.9 Å². The van der Waals surface area contributed by atoms with Crippen molar-refractivity contribution in [2.45, 2.75) is 39.3 Å². The predicted molar refractivity (Wildman–Crippen MR) is 98.3 cm³/mol. The van der Waals surface area contributed by atoms with E-state index in [2.05, 4.69) is 10.6 Å². The van der Waals surface area contributed by atoms with E-state index in [0.29, 0.717) is 6.54 Å². The molecule has 1 aliphatic heterocycles. The molecular weight excluding hydrogens is 366 g/mol. The first-order valence-electron chi connectivity index (χ1n) is 8.98. The number of hydrogen-bond acceptors (Lipinski definition) is 6. The molecule has 9 heteroatoms. The molecule has 0 radical (unpaired) electrons. The molecule has 2 rings (SSSR count). The van der Waals surface area contributed by atoms with Crippen LogP contribution in [0.25, 0.3) is 0 Å². The van der Waals surface area contributed by atoms with E-state index in [1.165, 1.54) is 26.0 Å². The molecule has 0 bridgehead atoms. The van der Waals surface area contributed by atoms with Gasteiger partial charge in [-0.1, -0.05) is 19.1 Å². The molecule has 0 unspecified atom stereocenters. The Labute approximate surface area is 162 Å². The van der Waals surface area contributed by atoms with Gasteiger partial charge in [0.25, 0.3) is 17.7 Å². The Morgan fingerprint density at radius 1 is 1.07 bits per heavy atom. The third-order valence-electron chi connectivity index (χ3n) is 4.22. The minimum atomic E-state index is -1.19. The maximum Gasteiger partial charge on any atom is 0.329 e. The van der Waals surface area contributed by atoms with Crippen LogP contribution in [0.4, 0.5) is 0 Å². The lowest BCUT2D eigenvalue weighted by Gasteiger charge is -2.21. The number of nitrogens with zero attached hydrogens (tertiary/aromatic N) is 1. The average Bonchev–Trinajstić information content (AvgIpc) is 2.94. The second-order valence-electron chi connectivity index (χ2n) is 6.39. The largest absolute Gasteiger partial charge is 0.454 e. The zero-order valence-corrected chi connectivity index (χ0v) is 16.0. The molecule has 2 N–H and O–H groups in total. The van der Waals surface area contributed by atoms with Crippen molar-refractivity contribution in [1.82, 2.24) is 15.5 Å². The van der Waals surface area contributed by atoms with Gasteiger partial charge in [-0.05, 0) is 32.4 Å². The molecule has 0 aromatic heterocycles. The van der Waals surface area contributed by atoms with Crippen LogP contribution in [-0.2, 0) is 19.1 Å². The number of hydrogen-bond donors (Lipinski definition) is 2. The van der Waals surface area contributed by atoms with Gasteiger partial charge < -0.3 is 15.4 Å². The van der Waals surface area contributed by atoms with Crippen molar-refractivity contribution < 1.29 is 28.7 Å². The van der Waals surface area contributed by atoms with Crippen molar-refractivity contribution in [3.63, 3.8) is 0 Å². The van der Waals surface area contributed by atoms with Gasteiger partial charge in [0.05, 0.1) is 11.1 Å². The quantitative estimate of drug-likeness (QED) is 0.485. The lowest BCUT2D eigenvalue weighted by Crippen LogP contribution is -2.47. The summed E-state index contributed by atoms with van der Waals surface area (Å²) >= 11 is 0. The SMILES string of the molecule is CCCNC(=O)[C@@H](C)NC(=O)COC(=O)[C@H](C)N1C(=O)c2ccccc2C1=O. The van der Waals surface area contributed by atoms with Crippen LogP contribution in [0.3, 0.4) is 0 Å². The minimum Gasteiger partial charge on any atom is -0.454 e. The van der Waals surface area contributed by atoms with Crippen LogP contribution in [0.2, 0.25) is 0 Å². The summed E-state index contributed by atoms with van der Waals surface area (Å²) in [7, 11) is 0. The Bertz CT molecular complexity index is 772. The van der Waals surface area contributed by atoms with Gasteiger partial charge in [0.1, 0.15) is 12.1 Å². The lowest BCUT2D eigenvalue weighted by molar-refractivity contribution is -0.152. The summed E-state index contributed by atoms with van der Waals surface area (Å²) < 4.78 is 4.91. The number of imide groups is 1. The summed E-state index contributed by atoms with van der Waals surface area (Å²) in [5, 5.41) is 5.04. The van der Waals surface area contributed by atoms with Crippen molar-refractivity contribution in [1.29, 1.82) is 0 Å². The van der Waals surface area contributed by atoms with Gasteiger partial charge in [0.15, 0.2) is 6.61 Å². The van der Waals surface area contributed by atoms with Crippen LogP contribution in [0.5, 0.6) is 0 Å². The van der Waals surface area contributed by atoms with E-state index >= 15 is 0 Å². The van der Waals surface area contributed by atoms with Gasteiger partial charge >= 0.3 is 5.97 Å². The number of carbonyl (C=O) groups is 5. The number of rotatable bonds is 8. The highest BCUT2D eigenvalue weighted by Crippen LogP contribution is 2.24. The average molecular weight is 389 g/mol. The van der Waals surface area contributed by atoms with E-state index in [0.717, 1.165) is 11.3 Å². The van der Waals surface area contributed by atoms with Crippen LogP contribution < -0.4 is 10.6 Å². The Morgan fingerprint density at radius 2 is 1.64 bits per heavy atom. The van der Waals surface area contributed by atoms with Crippen LogP contribution >= 0.6 is 0 Å². The summed E-state index contributed by atoms with van der Waals surface area (Å²) in [6.07, 6.45) is 0.764. The highest BCUT2D eigenvalue weighted by molar-refractivity contribution is 6.22. The molecule has 0 saturated heterocycles. The number of amides is 4. The predicted octanol–water partition coefficient (Wildman–Crippen LogP) is 0.245. The smallest absolute Gasteiger partial charge is 0.329 e. The fraction of sp³-hybridized carbons (Fsp3) is 0.421. The van der Waals surface area contributed by atoms with Crippen molar-refractivity contribution in [3.8, 4) is 0 Å². The van der Waals surface area contributed by atoms with Gasteiger partial charge in [0, 0.05) is 6.54 Å². The van der Waals surface area contributed by atoms with Crippen molar-refractivity contribution in [2.24, 2.45) is 0 Å². The van der Waals surface area contributed by atoms with Gasteiger partial charge in [-0.15, -0.1) is 0 Å². The zero-order valence-electron chi connectivity index (χ0n) is 16.0. The fourth-order valence-electron chi connectivity index (χ4n) is 2.67. The summed E-state index contributed by atoms with van der Waals surface area (Å²) in [5.41, 5.74) is 0.439. The van der Waals surface area contributed by atoms with Crippen molar-refractivity contribution in [3.05, 3.63) is 35.4 Å². The van der Waals surface area contributed by atoms with Crippen molar-refractivity contribution in [2.75, 3.05) is 13.2 Å². The Hall–Kier alpha value is -3.23. The van der Waals surface area contributed by atoms with Gasteiger partial charge in [0.2, 0.25) is 5.91 Å². The topological polar surface area (TPSA) is 122 Å². The number of nitrogens with one attached hydrogen (secondary N) is 2. The molecule has 28 heavy (non-hydrogen) atoms. The lowest BCUT2D eigenvalue weighted by atomic mass is 10.1. The highest BCUT2D eigenvalue weighted by Gasteiger charge is 2.41. The standard InChI is InChI=1S/C19H23N3O6/c1-4-9-20-16(24)11(2)21-15(23)10-28-19(27)12(3)22-17(25)13-7-5-6-8-14(13)18(22)26/h5-8,11-12H,4,9-10H2,1-3H3,(H,20,24)(H,21,23)/t11-,12+/m1/s1. The molecule has 4 amide bonds. The van der Waals surface area contributed by atoms with E-state index in [9.17, 15) is 24.0 Å². The fourth-order valence-corrected chi connectivity index (χ4v) is 2.67. The first-order valence-corrected chi connectivity index (χ1v) is 8.98. The monoisotopic (exact) mass is 389 g/mol. The zero-order chi connectivity index (χ0) is 20.8. The summed E-state index contributed by atoms with van der Waals surface area (Å²) in [4.78, 5) is 61.4. The second kappa shape index (κ2) is 9.12. The molecular formula is C19H23N3O6. The van der Waals surface area contributed by atoms with Crippen LogP contribution in [0.15, 0.2) is 24.3 Å². The maximum atomic E-state index is 12.4. The molecule has 0 saturated carbocycles. The molecule has 1 aromatic carbocycles. The van der Waals surface area contributed by atoms with E-state index in [1.807, 2.05) is 6.92 Å². The third-order valence-corrected chi connectivity index (χ3v) is 4.22. The minimum absolute atomic E-state index is 0.219. The van der Waals surface area contributed by atoms with Crippen LogP contribution in [-0.4, -0.2) is 59.7 Å². The molecule has 1 heterocycles. The molecule has 0 aliphatic carbocycles. The third kappa shape index (κ3) is 4.54. The summed E-state index contributed by atoms with van der Waals surface area (Å²) in [6.45, 7) is 4.62. The van der Waals surface area contributed by atoms with E-state index < -0.39 is 42.4 Å². The summed E-state index contributed by atoms with van der Waals surface area (Å²) in [5.74, 6) is -3.08. The number of esters is 1. The normalized spacial score (nSPS) is 14.9. The molecule has 1 aliphatic rings. The Kier molecular flexibility index (Phi) is 6.86. The number of carbonyl (C=O) groups excluding carboxylic acids is 5. The Morgan fingerprint density at radius 3 is 2.18 bits per heavy atom. The molecule has 2 atom stereocenters. The molecule has 150 valence electrons. The first-order chi connectivity index (χ1) is 13.3. The molecule has 9 nitrogen and oxygen atoms in total. The number of fused-ring (bicyclic) bond motifs is 1. The molecule has 1 aromatic rings. The van der Waals surface area contributed by atoms with E-state index in [-0.39, 0.29) is 17.0 Å². The Balaban J connectivity index is 1.88. The van der Waals surface area contributed by atoms with E-state index in [4.69, 9.17) is 4.74 Å². The van der Waals surface area contributed by atoms with E-state index in [1.54, 1.807) is 12.1 Å². The van der Waals surface area contributed by atoms with Gasteiger partial charge in [-0.2, -0.15) is 0 Å². The molecule has 0 fully saturated rings. The summed E-state index contributed by atoms with van der Waals surface area (Å²) in [6, 6.07) is 4.28.